The Hall–Kier alpha value is -0.780. The molecule has 0 aliphatic rings. The van der Waals surface area contributed by atoms with Crippen molar-refractivity contribution in [3.63, 3.8) is 0 Å². The maximum atomic E-state index is 2.18. The highest BCUT2D eigenvalue weighted by Crippen LogP contribution is 2.00. The van der Waals surface area contributed by atoms with Crippen molar-refractivity contribution in [2.45, 2.75) is 60.8 Å². The van der Waals surface area contributed by atoms with Gasteiger partial charge >= 0.3 is 0 Å². The first-order valence-electron chi connectivity index (χ1n) is 6.15. The van der Waals surface area contributed by atoms with Crippen LogP contribution in [0.5, 0.6) is 0 Å². The molecule has 0 radical (unpaired) electrons. The van der Waals surface area contributed by atoms with Gasteiger partial charge in [0.15, 0.2) is 0 Å². The van der Waals surface area contributed by atoms with Gasteiger partial charge in [0.05, 0.1) is 0 Å². The minimum Gasteiger partial charge on any atom is -0.0656 e. The number of hydrogen-bond donors (Lipinski definition) is 0. The largest absolute Gasteiger partial charge is 0.0656 e. The molecule has 0 spiro atoms. The molecule has 0 N–H and O–H groups in total. The van der Waals surface area contributed by atoms with E-state index in [0.29, 0.717) is 0 Å². The average molecular weight is 208 g/mol. The van der Waals surface area contributed by atoms with Gasteiger partial charge in [-0.3, -0.25) is 0 Å². The van der Waals surface area contributed by atoms with E-state index in [2.05, 4.69) is 65.8 Å². The molecule has 0 aromatic heterocycles. The molecule has 88 valence electrons. The zero-order valence-corrected chi connectivity index (χ0v) is 11.4. The molecule has 0 heterocycles. The van der Waals surface area contributed by atoms with E-state index >= 15 is 0 Å². The van der Waals surface area contributed by atoms with E-state index in [1.165, 1.54) is 30.4 Å². The molecular formula is C15H28. The Balaban J connectivity index is 0. The Bertz CT molecular complexity index is 194. The van der Waals surface area contributed by atoms with Crippen LogP contribution in [0.25, 0.3) is 0 Å². The van der Waals surface area contributed by atoms with Crippen LogP contribution in [0.4, 0.5) is 0 Å². The summed E-state index contributed by atoms with van der Waals surface area (Å²) >= 11 is 0. The molecule has 1 aromatic rings. The van der Waals surface area contributed by atoms with Crippen LogP contribution in [0.2, 0.25) is 0 Å². The summed E-state index contributed by atoms with van der Waals surface area (Å²) in [5.41, 5.74) is 2.68. The van der Waals surface area contributed by atoms with Crippen LogP contribution in [0.3, 0.4) is 0 Å². The van der Waals surface area contributed by atoms with Crippen LogP contribution < -0.4 is 0 Å². The fourth-order valence-corrected chi connectivity index (χ4v) is 0.807. The Morgan fingerprint density at radius 3 is 1.27 bits per heavy atom. The molecule has 0 saturated carbocycles. The van der Waals surface area contributed by atoms with Gasteiger partial charge in [-0.15, -0.1) is 0 Å². The SMILES string of the molecule is CCC.CCCC.Cc1cccc(C)c1. The van der Waals surface area contributed by atoms with Gasteiger partial charge in [-0.05, 0) is 13.8 Å². The number of aryl methyl sites for hydroxylation is 2. The third-order valence-corrected chi connectivity index (χ3v) is 1.67. The third kappa shape index (κ3) is 15.9. The van der Waals surface area contributed by atoms with Crippen LogP contribution in [0, 0.1) is 13.8 Å². The summed E-state index contributed by atoms with van der Waals surface area (Å²) in [6.07, 6.45) is 3.89. The van der Waals surface area contributed by atoms with Crippen molar-refractivity contribution in [2.24, 2.45) is 0 Å². The Labute approximate surface area is 96.7 Å². The van der Waals surface area contributed by atoms with Crippen molar-refractivity contribution in [2.75, 3.05) is 0 Å². The minimum absolute atomic E-state index is 1.25. The molecule has 1 rings (SSSR count). The molecule has 15 heavy (non-hydrogen) atoms. The second-order valence-electron chi connectivity index (χ2n) is 3.87. The summed E-state index contributed by atoms with van der Waals surface area (Å²) in [6.45, 7) is 12.8. The molecule has 0 amide bonds. The highest BCUT2D eigenvalue weighted by molar-refractivity contribution is 5.20. The quantitative estimate of drug-likeness (QED) is 0.569. The molecule has 0 aliphatic carbocycles. The van der Waals surface area contributed by atoms with Gasteiger partial charge < -0.3 is 0 Å². The highest BCUT2D eigenvalue weighted by atomic mass is 13.9. The van der Waals surface area contributed by atoms with Gasteiger partial charge in [-0.2, -0.15) is 0 Å². The monoisotopic (exact) mass is 208 g/mol. The van der Waals surface area contributed by atoms with Crippen LogP contribution in [0.1, 0.15) is 58.1 Å². The Morgan fingerprint density at radius 1 is 0.800 bits per heavy atom. The zero-order chi connectivity index (χ0) is 12.1. The van der Waals surface area contributed by atoms with Crippen LogP contribution in [0.15, 0.2) is 24.3 Å². The summed E-state index contributed by atoms with van der Waals surface area (Å²) in [7, 11) is 0. The van der Waals surface area contributed by atoms with E-state index in [4.69, 9.17) is 0 Å². The predicted octanol–water partition coefficient (Wildman–Crippen LogP) is 5.53. The summed E-state index contributed by atoms with van der Waals surface area (Å²) in [5.74, 6) is 0. The zero-order valence-electron chi connectivity index (χ0n) is 11.4. The van der Waals surface area contributed by atoms with Crippen molar-refractivity contribution in [1.82, 2.24) is 0 Å². The molecule has 0 saturated heterocycles. The molecule has 0 heteroatoms. The maximum Gasteiger partial charge on any atom is -0.0398 e. The normalized spacial score (nSPS) is 8.13. The van der Waals surface area contributed by atoms with Crippen molar-refractivity contribution < 1.29 is 0 Å². The molecule has 0 bridgehead atoms. The smallest absolute Gasteiger partial charge is 0.0398 e. The summed E-state index contributed by atoms with van der Waals surface area (Å²) in [6, 6.07) is 8.45. The van der Waals surface area contributed by atoms with E-state index in [9.17, 15) is 0 Å². The van der Waals surface area contributed by atoms with Gasteiger partial charge in [-0.1, -0.05) is 82.3 Å². The van der Waals surface area contributed by atoms with Crippen molar-refractivity contribution in [1.29, 1.82) is 0 Å². The molecule has 1 aromatic carbocycles. The van der Waals surface area contributed by atoms with Gasteiger partial charge in [0, 0.05) is 0 Å². The van der Waals surface area contributed by atoms with E-state index < -0.39 is 0 Å². The van der Waals surface area contributed by atoms with Gasteiger partial charge in [0.25, 0.3) is 0 Å². The predicted molar refractivity (Wildman–Crippen MR) is 72.5 cm³/mol. The lowest BCUT2D eigenvalue weighted by Crippen LogP contribution is -1.71. The maximum absolute atomic E-state index is 2.18. The van der Waals surface area contributed by atoms with E-state index in [0.717, 1.165) is 0 Å². The summed E-state index contributed by atoms with van der Waals surface area (Å²) in [4.78, 5) is 0. The van der Waals surface area contributed by atoms with Gasteiger partial charge in [0.2, 0.25) is 0 Å². The Kier molecular flexibility index (Phi) is 14.7. The Morgan fingerprint density at radius 2 is 1.13 bits per heavy atom. The average Bonchev–Trinajstić information content (AvgIpc) is 2.19. The van der Waals surface area contributed by atoms with E-state index in [1.54, 1.807) is 0 Å². The van der Waals surface area contributed by atoms with Crippen LogP contribution >= 0.6 is 0 Å². The first kappa shape index (κ1) is 16.6. The molecule has 0 fully saturated rings. The van der Waals surface area contributed by atoms with Gasteiger partial charge in [-0.25, -0.2) is 0 Å². The standard InChI is InChI=1S/C8H10.C4H10.C3H8/c1-7-4-3-5-8(2)6-7;1-3-4-2;1-3-2/h3-6H,1-2H3;3-4H2,1-2H3;3H2,1-2H3. The van der Waals surface area contributed by atoms with Crippen molar-refractivity contribution >= 4 is 0 Å². The second kappa shape index (κ2) is 13.2. The molecule has 0 atom stereocenters. The summed E-state index contributed by atoms with van der Waals surface area (Å²) < 4.78 is 0. The second-order valence-corrected chi connectivity index (χ2v) is 3.87. The first-order chi connectivity index (χ1) is 7.12. The molecular weight excluding hydrogens is 180 g/mol. The lowest BCUT2D eigenvalue weighted by Gasteiger charge is -1.90. The molecule has 0 nitrogen and oxygen atoms in total. The lowest BCUT2D eigenvalue weighted by molar-refractivity contribution is 0.886. The number of hydrogen-bond acceptors (Lipinski definition) is 0. The van der Waals surface area contributed by atoms with Crippen molar-refractivity contribution in [3.05, 3.63) is 35.4 Å². The molecule has 0 unspecified atom stereocenters. The molecule has 0 aliphatic heterocycles. The summed E-state index contributed by atoms with van der Waals surface area (Å²) in [5, 5.41) is 0. The number of benzene rings is 1. The lowest BCUT2D eigenvalue weighted by atomic mass is 10.2. The van der Waals surface area contributed by atoms with Crippen molar-refractivity contribution in [3.8, 4) is 0 Å². The fourth-order valence-electron chi connectivity index (χ4n) is 0.807. The van der Waals surface area contributed by atoms with Gasteiger partial charge in [0.1, 0.15) is 0 Å². The topological polar surface area (TPSA) is 0 Å². The first-order valence-corrected chi connectivity index (χ1v) is 6.15. The highest BCUT2D eigenvalue weighted by Gasteiger charge is 1.80. The van der Waals surface area contributed by atoms with Crippen LogP contribution in [-0.2, 0) is 0 Å². The van der Waals surface area contributed by atoms with Crippen LogP contribution in [-0.4, -0.2) is 0 Å². The number of rotatable bonds is 1. The fraction of sp³-hybridized carbons (Fsp3) is 0.600. The minimum atomic E-state index is 1.25. The number of unbranched alkanes of at least 4 members (excludes halogenated alkanes) is 1. The third-order valence-electron chi connectivity index (χ3n) is 1.67. The van der Waals surface area contributed by atoms with E-state index in [1.807, 2.05) is 0 Å². The van der Waals surface area contributed by atoms with E-state index in [-0.39, 0.29) is 0 Å².